The molecule has 2 N–H and O–H groups in total. The van der Waals surface area contributed by atoms with Crippen molar-refractivity contribution in [2.24, 2.45) is 7.05 Å². The van der Waals surface area contributed by atoms with Crippen molar-refractivity contribution in [3.05, 3.63) is 46.2 Å². The summed E-state index contributed by atoms with van der Waals surface area (Å²) in [5.74, 6) is -0.483. The minimum absolute atomic E-state index is 0.0320. The highest BCUT2D eigenvalue weighted by Crippen LogP contribution is 2.31. The Bertz CT molecular complexity index is 1160. The van der Waals surface area contributed by atoms with Crippen LogP contribution in [0, 0.1) is 13.8 Å². The average Bonchev–Trinajstić information content (AvgIpc) is 3.22. The molecule has 1 atom stereocenters. The third-order valence-corrected chi connectivity index (χ3v) is 6.75. The molecule has 176 valence electrons. The number of carbonyl (C=O) groups is 2. The van der Waals surface area contributed by atoms with Gasteiger partial charge < -0.3 is 15.2 Å². The van der Waals surface area contributed by atoms with Crippen molar-refractivity contribution in [1.82, 2.24) is 19.7 Å². The molecular formula is C20H21F3N6O2S2. The number of nitrogens with one attached hydrogen (secondary N) is 2. The number of amides is 2. The molecule has 0 aliphatic heterocycles. The van der Waals surface area contributed by atoms with E-state index >= 15 is 0 Å². The van der Waals surface area contributed by atoms with Crippen LogP contribution in [0.15, 0.2) is 29.4 Å². The Morgan fingerprint density at radius 3 is 2.58 bits per heavy atom. The van der Waals surface area contributed by atoms with Gasteiger partial charge in [0.2, 0.25) is 11.8 Å². The smallest absolute Gasteiger partial charge is 0.326 e. The molecule has 13 heteroatoms. The van der Waals surface area contributed by atoms with E-state index in [4.69, 9.17) is 0 Å². The lowest BCUT2D eigenvalue weighted by Gasteiger charge is -2.11. The highest BCUT2D eigenvalue weighted by molar-refractivity contribution is 8.00. The summed E-state index contributed by atoms with van der Waals surface area (Å²) in [6.45, 7) is 5.50. The van der Waals surface area contributed by atoms with Crippen LogP contribution in [0.1, 0.15) is 28.9 Å². The fourth-order valence-electron chi connectivity index (χ4n) is 2.67. The molecule has 2 heterocycles. The lowest BCUT2D eigenvalue weighted by molar-refractivity contribution is -0.137. The number of aromatic nitrogens is 4. The standard InChI is InChI=1S/C20H21F3N6O2S2/c1-10-11(2)32-18(24-10)26-17(31)12(3)33-19-28-27-15(29(19)4)9-16(30)25-14-7-5-6-13(8-14)20(21,22)23/h5-8,12H,9H2,1-4H3,(H,25,30)(H,24,26,31)/t12-/m1/s1. The molecule has 0 saturated heterocycles. The van der Waals surface area contributed by atoms with Gasteiger partial charge in [0.25, 0.3) is 0 Å². The summed E-state index contributed by atoms with van der Waals surface area (Å²) in [6.07, 6.45) is -4.70. The van der Waals surface area contributed by atoms with Crippen LogP contribution < -0.4 is 10.6 Å². The Morgan fingerprint density at radius 1 is 1.21 bits per heavy atom. The predicted octanol–water partition coefficient (Wildman–Crippen LogP) is 4.21. The summed E-state index contributed by atoms with van der Waals surface area (Å²) in [6, 6.07) is 4.38. The number of hydrogen-bond acceptors (Lipinski definition) is 7. The van der Waals surface area contributed by atoms with Gasteiger partial charge in [0.15, 0.2) is 10.3 Å². The molecule has 0 bridgehead atoms. The molecule has 8 nitrogen and oxygen atoms in total. The summed E-state index contributed by atoms with van der Waals surface area (Å²) in [7, 11) is 1.65. The van der Waals surface area contributed by atoms with E-state index in [-0.39, 0.29) is 18.0 Å². The van der Waals surface area contributed by atoms with Crippen molar-refractivity contribution in [2.45, 2.75) is 43.8 Å². The van der Waals surface area contributed by atoms with Crippen LogP contribution in [0.4, 0.5) is 24.0 Å². The first-order valence-electron chi connectivity index (χ1n) is 9.71. The predicted molar refractivity (Wildman–Crippen MR) is 120 cm³/mol. The van der Waals surface area contributed by atoms with Crippen molar-refractivity contribution in [2.75, 3.05) is 10.6 Å². The fourth-order valence-corrected chi connectivity index (χ4v) is 4.32. The summed E-state index contributed by atoms with van der Waals surface area (Å²) < 4.78 is 40.1. The van der Waals surface area contributed by atoms with Gasteiger partial charge in [0.05, 0.1) is 22.9 Å². The SMILES string of the molecule is Cc1nc(NC(=O)[C@@H](C)Sc2nnc(CC(=O)Nc3cccc(C(F)(F)F)c3)n2C)sc1C. The number of nitrogens with zero attached hydrogens (tertiary/aromatic N) is 4. The molecule has 1 aromatic carbocycles. The van der Waals surface area contributed by atoms with Gasteiger partial charge in [-0.3, -0.25) is 9.59 Å². The van der Waals surface area contributed by atoms with Crippen molar-refractivity contribution in [3.8, 4) is 0 Å². The van der Waals surface area contributed by atoms with Crippen LogP contribution in [0.3, 0.4) is 0 Å². The number of carbonyl (C=O) groups excluding carboxylic acids is 2. The van der Waals surface area contributed by atoms with E-state index < -0.39 is 22.9 Å². The number of thiazole rings is 1. The lowest BCUT2D eigenvalue weighted by atomic mass is 10.2. The van der Waals surface area contributed by atoms with Gasteiger partial charge in [0, 0.05) is 17.6 Å². The molecule has 0 aliphatic rings. The molecule has 0 aliphatic carbocycles. The second kappa shape index (κ2) is 9.91. The lowest BCUT2D eigenvalue weighted by Crippen LogP contribution is -2.23. The highest BCUT2D eigenvalue weighted by atomic mass is 32.2. The summed E-state index contributed by atoms with van der Waals surface area (Å²) in [4.78, 5) is 30.1. The zero-order valence-electron chi connectivity index (χ0n) is 18.1. The average molecular weight is 499 g/mol. The van der Waals surface area contributed by atoms with Gasteiger partial charge in [-0.1, -0.05) is 17.8 Å². The van der Waals surface area contributed by atoms with E-state index in [9.17, 15) is 22.8 Å². The van der Waals surface area contributed by atoms with Crippen LogP contribution in [-0.4, -0.2) is 36.8 Å². The van der Waals surface area contributed by atoms with Crippen molar-refractivity contribution >= 4 is 45.7 Å². The zero-order valence-corrected chi connectivity index (χ0v) is 19.8. The number of aryl methyl sites for hydroxylation is 2. The maximum atomic E-state index is 12.8. The molecule has 0 fully saturated rings. The summed E-state index contributed by atoms with van der Waals surface area (Å²) in [5, 5.41) is 13.6. The third-order valence-electron chi connectivity index (χ3n) is 4.63. The first-order chi connectivity index (χ1) is 15.4. The molecule has 33 heavy (non-hydrogen) atoms. The second-order valence-electron chi connectivity index (χ2n) is 7.17. The minimum atomic E-state index is -4.50. The van der Waals surface area contributed by atoms with Crippen LogP contribution in [0.5, 0.6) is 0 Å². The summed E-state index contributed by atoms with van der Waals surface area (Å²) >= 11 is 2.55. The molecular weight excluding hydrogens is 477 g/mol. The summed E-state index contributed by atoms with van der Waals surface area (Å²) in [5.41, 5.74) is 0.0366. The van der Waals surface area contributed by atoms with Gasteiger partial charge in [-0.05, 0) is 39.0 Å². The van der Waals surface area contributed by atoms with E-state index in [1.165, 1.54) is 23.5 Å². The van der Waals surface area contributed by atoms with Gasteiger partial charge >= 0.3 is 6.18 Å². The van der Waals surface area contributed by atoms with Gasteiger partial charge in [-0.2, -0.15) is 13.2 Å². The first-order valence-corrected chi connectivity index (χ1v) is 11.4. The molecule has 0 spiro atoms. The molecule has 0 radical (unpaired) electrons. The number of rotatable bonds is 7. The number of anilines is 2. The molecule has 2 aromatic heterocycles. The highest BCUT2D eigenvalue weighted by Gasteiger charge is 2.30. The number of benzene rings is 1. The van der Waals surface area contributed by atoms with E-state index in [1.54, 1.807) is 18.5 Å². The quantitative estimate of drug-likeness (QED) is 0.474. The largest absolute Gasteiger partial charge is 0.416 e. The zero-order chi connectivity index (χ0) is 24.3. The van der Waals surface area contributed by atoms with Crippen molar-refractivity contribution in [1.29, 1.82) is 0 Å². The van der Waals surface area contributed by atoms with E-state index in [0.717, 1.165) is 34.5 Å². The van der Waals surface area contributed by atoms with Crippen molar-refractivity contribution in [3.63, 3.8) is 0 Å². The van der Waals surface area contributed by atoms with Gasteiger partial charge in [-0.15, -0.1) is 21.5 Å². The Morgan fingerprint density at radius 2 is 1.94 bits per heavy atom. The van der Waals surface area contributed by atoms with Crippen LogP contribution in [0.2, 0.25) is 0 Å². The number of hydrogen-bond donors (Lipinski definition) is 2. The first kappa shape index (κ1) is 24.7. The number of alkyl halides is 3. The number of thioether (sulfide) groups is 1. The Labute approximate surface area is 196 Å². The van der Waals surface area contributed by atoms with Crippen LogP contribution in [0.25, 0.3) is 0 Å². The molecule has 3 rings (SSSR count). The Kier molecular flexibility index (Phi) is 7.42. The molecule has 3 aromatic rings. The van der Waals surface area contributed by atoms with Gasteiger partial charge in [-0.25, -0.2) is 4.98 Å². The normalized spacial score (nSPS) is 12.5. The monoisotopic (exact) mass is 498 g/mol. The second-order valence-corrected chi connectivity index (χ2v) is 9.68. The topological polar surface area (TPSA) is 102 Å². The van der Waals surface area contributed by atoms with Crippen LogP contribution in [-0.2, 0) is 29.2 Å². The maximum Gasteiger partial charge on any atom is 0.416 e. The van der Waals surface area contributed by atoms with E-state index in [0.29, 0.717) is 16.1 Å². The molecule has 2 amide bonds. The molecule has 0 saturated carbocycles. The Balaban J connectivity index is 1.60. The number of halogens is 3. The van der Waals surface area contributed by atoms with E-state index in [2.05, 4.69) is 25.8 Å². The minimum Gasteiger partial charge on any atom is -0.326 e. The fraction of sp³-hybridized carbons (Fsp3) is 0.350. The van der Waals surface area contributed by atoms with E-state index in [1.807, 2.05) is 13.8 Å². The Hall–Kier alpha value is -2.93. The third kappa shape index (κ3) is 6.32. The van der Waals surface area contributed by atoms with Gasteiger partial charge in [0.1, 0.15) is 5.82 Å². The molecule has 0 unspecified atom stereocenters. The maximum absolute atomic E-state index is 12.8. The van der Waals surface area contributed by atoms with Crippen LogP contribution >= 0.6 is 23.1 Å². The van der Waals surface area contributed by atoms with Crippen molar-refractivity contribution < 1.29 is 22.8 Å².